The molecule has 2 aliphatic rings. The molecule has 2 heterocycles. The van der Waals surface area contributed by atoms with Gasteiger partial charge < -0.3 is 20.1 Å². The highest BCUT2D eigenvalue weighted by atomic mass is 16.5. The molecule has 25 heavy (non-hydrogen) atoms. The van der Waals surface area contributed by atoms with E-state index in [-0.39, 0.29) is 18.1 Å². The van der Waals surface area contributed by atoms with E-state index in [1.807, 2.05) is 6.07 Å². The van der Waals surface area contributed by atoms with E-state index in [0.29, 0.717) is 19.2 Å². The number of rotatable bonds is 4. The molecule has 1 aromatic rings. The Kier molecular flexibility index (Phi) is 5.49. The monoisotopic (exact) mass is 347 g/mol. The fraction of sp³-hybridized carbons (Fsp3) is 0.632. The quantitative estimate of drug-likeness (QED) is 0.876. The highest BCUT2D eigenvalue weighted by Gasteiger charge is 2.28. The van der Waals surface area contributed by atoms with Crippen LogP contribution in [0.25, 0.3) is 0 Å². The third kappa shape index (κ3) is 3.90. The molecule has 0 saturated carbocycles. The minimum absolute atomic E-state index is 0.0908. The van der Waals surface area contributed by atoms with Gasteiger partial charge in [-0.05, 0) is 38.8 Å². The second kappa shape index (κ2) is 7.62. The van der Waals surface area contributed by atoms with Crippen LogP contribution >= 0.6 is 0 Å². The minimum atomic E-state index is -0.146. The number of carbonyl (C=O) groups excluding carboxylic acids is 1. The molecule has 0 unspecified atom stereocenters. The van der Waals surface area contributed by atoms with Crippen molar-refractivity contribution in [1.29, 1.82) is 0 Å². The van der Waals surface area contributed by atoms with Crippen LogP contribution < -0.4 is 15.4 Å². The van der Waals surface area contributed by atoms with Gasteiger partial charge in [0.05, 0.1) is 19.3 Å². The van der Waals surface area contributed by atoms with Gasteiger partial charge in [0, 0.05) is 30.7 Å². The van der Waals surface area contributed by atoms with Gasteiger partial charge in [-0.15, -0.1) is 0 Å². The molecule has 0 bridgehead atoms. The summed E-state index contributed by atoms with van der Waals surface area (Å²) in [4.78, 5) is 14.7. The van der Waals surface area contributed by atoms with Crippen LogP contribution in [0, 0.1) is 13.8 Å². The Hall–Kier alpha value is -1.79. The average Bonchev–Trinajstić information content (AvgIpc) is 3.00. The van der Waals surface area contributed by atoms with E-state index in [9.17, 15) is 4.79 Å². The van der Waals surface area contributed by atoms with E-state index in [1.165, 1.54) is 5.56 Å². The number of aryl methyl sites for hydroxylation is 1. The van der Waals surface area contributed by atoms with E-state index in [0.717, 1.165) is 36.6 Å². The van der Waals surface area contributed by atoms with E-state index < -0.39 is 0 Å². The predicted molar refractivity (Wildman–Crippen MR) is 97.1 cm³/mol. The van der Waals surface area contributed by atoms with Crippen LogP contribution in [0.4, 0.5) is 4.79 Å². The molecule has 1 saturated heterocycles. The minimum Gasteiger partial charge on any atom is -0.490 e. The molecular weight excluding hydrogens is 318 g/mol. The number of amides is 2. The predicted octanol–water partition coefficient (Wildman–Crippen LogP) is 2.15. The van der Waals surface area contributed by atoms with Crippen molar-refractivity contribution >= 4 is 6.03 Å². The van der Waals surface area contributed by atoms with Crippen LogP contribution in [0.15, 0.2) is 12.1 Å². The third-order valence-corrected chi connectivity index (χ3v) is 5.33. The van der Waals surface area contributed by atoms with E-state index in [4.69, 9.17) is 9.47 Å². The lowest BCUT2D eigenvalue weighted by atomic mass is 10.0. The van der Waals surface area contributed by atoms with Crippen LogP contribution in [-0.4, -0.2) is 55.9 Å². The maximum atomic E-state index is 12.3. The molecule has 0 radical (unpaired) electrons. The summed E-state index contributed by atoms with van der Waals surface area (Å²) in [6, 6.07) is 4.56. The molecule has 0 aliphatic carbocycles. The number of urea groups is 1. The summed E-state index contributed by atoms with van der Waals surface area (Å²) in [6.07, 6.45) is 0. The molecule has 2 amide bonds. The topological polar surface area (TPSA) is 62.8 Å². The van der Waals surface area contributed by atoms with Gasteiger partial charge in [-0.25, -0.2) is 4.79 Å². The Morgan fingerprint density at radius 2 is 2.16 bits per heavy atom. The first-order valence-electron chi connectivity index (χ1n) is 9.08. The van der Waals surface area contributed by atoms with Gasteiger partial charge in [-0.2, -0.15) is 0 Å². The Bertz CT molecular complexity index is 635. The summed E-state index contributed by atoms with van der Waals surface area (Å²) in [6.45, 7) is 12.0. The average molecular weight is 347 g/mol. The van der Waals surface area contributed by atoms with Crippen molar-refractivity contribution in [1.82, 2.24) is 15.5 Å². The maximum absolute atomic E-state index is 12.3. The molecule has 0 aromatic heterocycles. The molecule has 1 aromatic carbocycles. The van der Waals surface area contributed by atoms with Gasteiger partial charge in [0.1, 0.15) is 12.4 Å². The smallest absolute Gasteiger partial charge is 0.315 e. The lowest BCUT2D eigenvalue weighted by Crippen LogP contribution is -2.53. The first kappa shape index (κ1) is 18.0. The van der Waals surface area contributed by atoms with Crippen molar-refractivity contribution in [3.63, 3.8) is 0 Å². The number of morpholine rings is 1. The Balaban J connectivity index is 1.52. The number of ether oxygens (including phenoxy) is 2. The Morgan fingerprint density at radius 3 is 2.92 bits per heavy atom. The lowest BCUT2D eigenvalue weighted by Gasteiger charge is -2.37. The van der Waals surface area contributed by atoms with E-state index >= 15 is 0 Å². The first-order valence-corrected chi connectivity index (χ1v) is 9.08. The van der Waals surface area contributed by atoms with E-state index in [2.05, 4.69) is 49.3 Å². The van der Waals surface area contributed by atoms with Crippen molar-refractivity contribution in [3.8, 4) is 5.75 Å². The number of nitrogens with one attached hydrogen (secondary N) is 2. The van der Waals surface area contributed by atoms with Gasteiger partial charge in [-0.3, -0.25) is 4.90 Å². The Labute approximate surface area is 149 Å². The second-order valence-electron chi connectivity index (χ2n) is 7.15. The molecular formula is C19H29N3O3. The number of carbonyl (C=O) groups is 1. The molecule has 6 heteroatoms. The highest BCUT2D eigenvalue weighted by Crippen LogP contribution is 2.36. The lowest BCUT2D eigenvalue weighted by molar-refractivity contribution is -0.0176. The SMILES string of the molecule is Cc1ccc2c(c1C)OC[C@@H]2NC(=O)NC[C@@H](C)N1CCOC[C@@H]1C. The van der Waals surface area contributed by atoms with Gasteiger partial charge in [0.15, 0.2) is 0 Å². The van der Waals surface area contributed by atoms with Crippen molar-refractivity contribution in [2.75, 3.05) is 32.9 Å². The summed E-state index contributed by atoms with van der Waals surface area (Å²) in [5, 5.41) is 6.03. The Morgan fingerprint density at radius 1 is 1.36 bits per heavy atom. The fourth-order valence-corrected chi connectivity index (χ4v) is 3.61. The summed E-state index contributed by atoms with van der Waals surface area (Å²) >= 11 is 0. The molecule has 2 aliphatic heterocycles. The zero-order chi connectivity index (χ0) is 18.0. The first-order chi connectivity index (χ1) is 12.0. The fourth-order valence-electron chi connectivity index (χ4n) is 3.61. The van der Waals surface area contributed by atoms with Crippen molar-refractivity contribution in [3.05, 3.63) is 28.8 Å². The largest absolute Gasteiger partial charge is 0.490 e. The molecule has 6 nitrogen and oxygen atoms in total. The number of fused-ring (bicyclic) bond motifs is 1. The normalized spacial score (nSPS) is 24.3. The molecule has 3 atom stereocenters. The zero-order valence-corrected chi connectivity index (χ0v) is 15.6. The van der Waals surface area contributed by atoms with Crippen LogP contribution in [0.1, 0.15) is 36.6 Å². The molecule has 1 fully saturated rings. The number of nitrogens with zero attached hydrogens (tertiary/aromatic N) is 1. The van der Waals surface area contributed by atoms with Crippen LogP contribution in [-0.2, 0) is 4.74 Å². The molecule has 2 N–H and O–H groups in total. The third-order valence-electron chi connectivity index (χ3n) is 5.33. The van der Waals surface area contributed by atoms with Crippen LogP contribution in [0.2, 0.25) is 0 Å². The summed E-state index contributed by atoms with van der Waals surface area (Å²) in [7, 11) is 0. The van der Waals surface area contributed by atoms with Gasteiger partial charge in [0.25, 0.3) is 0 Å². The number of benzene rings is 1. The zero-order valence-electron chi connectivity index (χ0n) is 15.6. The summed E-state index contributed by atoms with van der Waals surface area (Å²) in [5.74, 6) is 0.917. The number of hydrogen-bond donors (Lipinski definition) is 2. The van der Waals surface area contributed by atoms with Crippen molar-refractivity contribution in [2.24, 2.45) is 0 Å². The molecule has 138 valence electrons. The van der Waals surface area contributed by atoms with Crippen LogP contribution in [0.5, 0.6) is 5.75 Å². The van der Waals surface area contributed by atoms with Crippen LogP contribution in [0.3, 0.4) is 0 Å². The molecule has 0 spiro atoms. The molecule has 3 rings (SSSR count). The maximum Gasteiger partial charge on any atom is 0.315 e. The second-order valence-corrected chi connectivity index (χ2v) is 7.15. The summed E-state index contributed by atoms with van der Waals surface area (Å²) < 4.78 is 11.3. The van der Waals surface area contributed by atoms with Crippen molar-refractivity contribution in [2.45, 2.75) is 45.8 Å². The van der Waals surface area contributed by atoms with Crippen molar-refractivity contribution < 1.29 is 14.3 Å². The van der Waals surface area contributed by atoms with Gasteiger partial charge in [0.2, 0.25) is 0 Å². The van der Waals surface area contributed by atoms with Gasteiger partial charge >= 0.3 is 6.03 Å². The van der Waals surface area contributed by atoms with Gasteiger partial charge in [-0.1, -0.05) is 12.1 Å². The summed E-state index contributed by atoms with van der Waals surface area (Å²) in [5.41, 5.74) is 3.42. The van der Waals surface area contributed by atoms with E-state index in [1.54, 1.807) is 0 Å². The highest BCUT2D eigenvalue weighted by molar-refractivity contribution is 5.75. The standard InChI is InChI=1S/C19H29N3O3/c1-12-5-6-16-17(11-25-18(16)15(12)4)21-19(23)20-9-13(2)22-7-8-24-10-14(22)3/h5-6,13-14,17H,7-11H2,1-4H3,(H2,20,21,23)/t13-,14+,17+/m1/s1. The number of hydrogen-bond acceptors (Lipinski definition) is 4.